The van der Waals surface area contributed by atoms with Gasteiger partial charge in [-0.25, -0.2) is 0 Å². The summed E-state index contributed by atoms with van der Waals surface area (Å²) in [7, 11) is 1.84. The minimum Gasteiger partial charge on any atom is -0.382 e. The Bertz CT molecular complexity index is 426. The molecule has 1 aliphatic rings. The van der Waals surface area contributed by atoms with E-state index in [0.717, 1.165) is 11.6 Å². The second kappa shape index (κ2) is 5.42. The van der Waals surface area contributed by atoms with Crippen LogP contribution in [-0.4, -0.2) is 23.9 Å². The van der Waals surface area contributed by atoms with Crippen LogP contribution in [0, 0.1) is 5.92 Å². The average Bonchev–Trinajstić information content (AvgIpc) is 3.15. The highest BCUT2D eigenvalue weighted by atomic mass is 16.2. The summed E-state index contributed by atoms with van der Waals surface area (Å²) in [5.41, 5.74) is 2.34. The summed E-state index contributed by atoms with van der Waals surface area (Å²) in [6.07, 6.45) is 2.67. The molecular weight excluding hydrogens is 224 g/mol. The van der Waals surface area contributed by atoms with E-state index in [1.165, 1.54) is 18.4 Å². The van der Waals surface area contributed by atoms with Gasteiger partial charge in [-0.15, -0.1) is 0 Å². The number of amides is 1. The van der Waals surface area contributed by atoms with Crippen LogP contribution in [0.15, 0.2) is 24.3 Å². The van der Waals surface area contributed by atoms with E-state index in [0.29, 0.717) is 12.6 Å². The number of hydrogen-bond donors (Lipinski definition) is 1. The minimum absolute atomic E-state index is 0.0973. The third kappa shape index (κ3) is 3.25. The number of rotatable bonds is 5. The Morgan fingerprint density at radius 2 is 2.11 bits per heavy atom. The lowest BCUT2D eigenvalue weighted by Crippen LogP contribution is -2.25. The van der Waals surface area contributed by atoms with Gasteiger partial charge in [0.25, 0.3) is 0 Å². The van der Waals surface area contributed by atoms with E-state index >= 15 is 0 Å². The van der Waals surface area contributed by atoms with Crippen LogP contribution in [-0.2, 0) is 11.3 Å². The molecule has 0 heterocycles. The van der Waals surface area contributed by atoms with E-state index in [4.69, 9.17) is 0 Å². The Labute approximate surface area is 109 Å². The monoisotopic (exact) mass is 246 g/mol. The molecule has 0 radical (unpaired) electrons. The molecule has 1 unspecified atom stereocenters. The Balaban J connectivity index is 2.06. The molecule has 1 amide bonds. The molecule has 0 saturated heterocycles. The normalized spacial score (nSPS) is 16.2. The number of nitrogens with one attached hydrogen (secondary N) is 1. The zero-order chi connectivity index (χ0) is 13.1. The lowest BCUT2D eigenvalue weighted by Gasteiger charge is -2.21. The quantitative estimate of drug-likeness (QED) is 0.866. The summed E-state index contributed by atoms with van der Waals surface area (Å²) >= 11 is 0. The van der Waals surface area contributed by atoms with Crippen molar-refractivity contribution in [2.75, 3.05) is 12.4 Å². The number of benzene rings is 1. The second-order valence-electron chi connectivity index (χ2n) is 5.30. The molecule has 0 aliphatic heterocycles. The van der Waals surface area contributed by atoms with E-state index in [1.807, 2.05) is 19.2 Å². The number of hydrogen-bond acceptors (Lipinski definition) is 2. The van der Waals surface area contributed by atoms with Gasteiger partial charge in [0.2, 0.25) is 5.91 Å². The van der Waals surface area contributed by atoms with E-state index in [-0.39, 0.29) is 5.91 Å². The molecule has 18 heavy (non-hydrogen) atoms. The van der Waals surface area contributed by atoms with Crippen molar-refractivity contribution in [2.24, 2.45) is 5.92 Å². The summed E-state index contributed by atoms with van der Waals surface area (Å²) in [6, 6.07) is 8.77. The van der Waals surface area contributed by atoms with Crippen LogP contribution in [0.1, 0.15) is 32.3 Å². The van der Waals surface area contributed by atoms with Gasteiger partial charge in [0.1, 0.15) is 0 Å². The van der Waals surface area contributed by atoms with Gasteiger partial charge in [-0.1, -0.05) is 18.2 Å². The fourth-order valence-electron chi connectivity index (χ4n) is 2.13. The molecule has 3 nitrogen and oxygen atoms in total. The lowest BCUT2D eigenvalue weighted by atomic mass is 10.1. The summed E-state index contributed by atoms with van der Waals surface area (Å²) in [5.74, 6) is 0.920. The van der Waals surface area contributed by atoms with E-state index in [2.05, 4.69) is 24.4 Å². The third-order valence-electron chi connectivity index (χ3n) is 3.67. The highest BCUT2D eigenvalue weighted by Crippen LogP contribution is 2.34. The van der Waals surface area contributed by atoms with Crippen LogP contribution >= 0.6 is 0 Å². The second-order valence-corrected chi connectivity index (χ2v) is 5.30. The van der Waals surface area contributed by atoms with Crippen molar-refractivity contribution in [1.82, 2.24) is 4.90 Å². The molecule has 1 aromatic carbocycles. The highest BCUT2D eigenvalue weighted by Gasteiger charge is 2.28. The van der Waals surface area contributed by atoms with E-state index < -0.39 is 0 Å². The predicted octanol–water partition coefficient (Wildman–Crippen LogP) is 2.88. The lowest BCUT2D eigenvalue weighted by molar-refractivity contribution is -0.128. The average molecular weight is 246 g/mol. The van der Waals surface area contributed by atoms with E-state index in [1.54, 1.807) is 11.8 Å². The Morgan fingerprint density at radius 1 is 1.44 bits per heavy atom. The van der Waals surface area contributed by atoms with Crippen molar-refractivity contribution in [1.29, 1.82) is 0 Å². The Hall–Kier alpha value is -1.51. The summed E-state index contributed by atoms with van der Waals surface area (Å²) < 4.78 is 0. The molecule has 1 N–H and O–H groups in total. The zero-order valence-corrected chi connectivity index (χ0v) is 11.4. The van der Waals surface area contributed by atoms with Gasteiger partial charge in [0.05, 0.1) is 0 Å². The molecule has 0 bridgehead atoms. The maximum atomic E-state index is 11.3. The fourth-order valence-corrected chi connectivity index (χ4v) is 2.13. The van der Waals surface area contributed by atoms with Gasteiger partial charge in [0.15, 0.2) is 0 Å². The molecule has 1 fully saturated rings. The van der Waals surface area contributed by atoms with Crippen molar-refractivity contribution < 1.29 is 4.79 Å². The van der Waals surface area contributed by atoms with Gasteiger partial charge in [-0.3, -0.25) is 4.79 Å². The number of carbonyl (C=O) groups is 1. The maximum Gasteiger partial charge on any atom is 0.219 e. The van der Waals surface area contributed by atoms with Gasteiger partial charge < -0.3 is 10.2 Å². The largest absolute Gasteiger partial charge is 0.382 e. The van der Waals surface area contributed by atoms with Crippen LogP contribution in [0.25, 0.3) is 0 Å². The van der Waals surface area contributed by atoms with Crippen molar-refractivity contribution in [3.63, 3.8) is 0 Å². The van der Waals surface area contributed by atoms with Crippen LogP contribution in [0.3, 0.4) is 0 Å². The SMILES string of the molecule is CC(=O)N(C)Cc1ccccc1NC(C)C1CC1. The molecule has 98 valence electrons. The van der Waals surface area contributed by atoms with Crippen molar-refractivity contribution in [2.45, 2.75) is 39.3 Å². The first-order chi connectivity index (χ1) is 8.58. The smallest absolute Gasteiger partial charge is 0.219 e. The molecular formula is C15H22N2O. The zero-order valence-electron chi connectivity index (χ0n) is 11.4. The molecule has 3 heteroatoms. The highest BCUT2D eigenvalue weighted by molar-refractivity contribution is 5.73. The standard InChI is InChI=1S/C15H22N2O/c1-11(13-8-9-13)16-15-7-5-4-6-14(15)10-17(3)12(2)18/h4-7,11,13,16H,8-10H2,1-3H3. The number of nitrogens with zero attached hydrogens (tertiary/aromatic N) is 1. The molecule has 0 spiro atoms. The van der Waals surface area contributed by atoms with Crippen LogP contribution in [0.5, 0.6) is 0 Å². The molecule has 1 saturated carbocycles. The maximum absolute atomic E-state index is 11.3. The molecule has 2 rings (SSSR count). The first-order valence-corrected chi connectivity index (χ1v) is 6.64. The molecule has 0 aromatic heterocycles. The minimum atomic E-state index is 0.0973. The predicted molar refractivity (Wildman–Crippen MR) is 74.4 cm³/mol. The molecule has 1 aliphatic carbocycles. The van der Waals surface area contributed by atoms with Crippen LogP contribution in [0.4, 0.5) is 5.69 Å². The topological polar surface area (TPSA) is 32.3 Å². The van der Waals surface area contributed by atoms with Gasteiger partial charge in [-0.05, 0) is 37.3 Å². The molecule has 1 aromatic rings. The Morgan fingerprint density at radius 3 is 2.72 bits per heavy atom. The van der Waals surface area contributed by atoms with E-state index in [9.17, 15) is 4.79 Å². The summed E-state index contributed by atoms with van der Waals surface area (Å²) in [5, 5.41) is 3.58. The summed E-state index contributed by atoms with van der Waals surface area (Å²) in [6.45, 7) is 4.50. The van der Waals surface area contributed by atoms with Crippen molar-refractivity contribution in [3.05, 3.63) is 29.8 Å². The first-order valence-electron chi connectivity index (χ1n) is 6.64. The van der Waals surface area contributed by atoms with Crippen molar-refractivity contribution in [3.8, 4) is 0 Å². The Kier molecular flexibility index (Phi) is 3.90. The first kappa shape index (κ1) is 12.9. The third-order valence-corrected chi connectivity index (χ3v) is 3.67. The number of carbonyl (C=O) groups excluding carboxylic acids is 1. The summed E-state index contributed by atoms with van der Waals surface area (Å²) in [4.78, 5) is 13.0. The number of para-hydroxylation sites is 1. The van der Waals surface area contributed by atoms with Crippen LogP contribution < -0.4 is 5.32 Å². The van der Waals surface area contributed by atoms with Gasteiger partial charge >= 0.3 is 0 Å². The molecule has 1 atom stereocenters. The van der Waals surface area contributed by atoms with Crippen LogP contribution in [0.2, 0.25) is 0 Å². The number of anilines is 1. The van der Waals surface area contributed by atoms with Gasteiger partial charge in [-0.2, -0.15) is 0 Å². The van der Waals surface area contributed by atoms with Crippen molar-refractivity contribution >= 4 is 11.6 Å². The fraction of sp³-hybridized carbons (Fsp3) is 0.533. The van der Waals surface area contributed by atoms with Gasteiger partial charge in [0, 0.05) is 32.2 Å².